The van der Waals surface area contributed by atoms with Gasteiger partial charge in [-0.2, -0.15) is 0 Å². The van der Waals surface area contributed by atoms with Gasteiger partial charge in [0.2, 0.25) is 0 Å². The van der Waals surface area contributed by atoms with Crippen molar-refractivity contribution in [2.45, 2.75) is 23.8 Å². The maximum absolute atomic E-state index is 11.5. The Bertz CT molecular complexity index is 506. The lowest BCUT2D eigenvalue weighted by molar-refractivity contribution is -0.143. The molecule has 1 fully saturated rings. The summed E-state index contributed by atoms with van der Waals surface area (Å²) in [5, 5.41) is 2.75. The van der Waals surface area contributed by atoms with Crippen molar-refractivity contribution in [1.29, 1.82) is 0 Å². The van der Waals surface area contributed by atoms with Crippen LogP contribution in [0.4, 0.5) is 0 Å². The summed E-state index contributed by atoms with van der Waals surface area (Å²) in [7, 11) is 0. The van der Waals surface area contributed by atoms with Crippen LogP contribution < -0.4 is 5.32 Å². The Labute approximate surface area is 122 Å². The number of thioether (sulfide) groups is 1. The molecule has 1 saturated carbocycles. The first-order chi connectivity index (χ1) is 9.67. The van der Waals surface area contributed by atoms with Gasteiger partial charge in [0.1, 0.15) is 0 Å². The third-order valence-electron chi connectivity index (χ3n) is 2.82. The molecule has 1 aliphatic rings. The van der Waals surface area contributed by atoms with E-state index < -0.39 is 5.97 Å². The Morgan fingerprint density at radius 2 is 2.05 bits per heavy atom. The summed E-state index contributed by atoms with van der Waals surface area (Å²) in [4.78, 5) is 23.9. The highest BCUT2D eigenvalue weighted by Gasteiger charge is 2.23. The molecule has 0 saturated heterocycles. The van der Waals surface area contributed by atoms with Gasteiger partial charge in [0.15, 0.2) is 6.61 Å². The number of amides is 1. The second kappa shape index (κ2) is 7.14. The molecule has 1 aliphatic carbocycles. The molecule has 0 aliphatic heterocycles. The number of hydrogen-bond donors (Lipinski definition) is 1. The summed E-state index contributed by atoms with van der Waals surface area (Å²) in [6.45, 7) is -0.217. The number of ether oxygens (including phenoxy) is 1. The number of nitrogens with one attached hydrogen (secondary N) is 1. The van der Waals surface area contributed by atoms with E-state index in [-0.39, 0.29) is 18.6 Å². The molecule has 0 atom stereocenters. The van der Waals surface area contributed by atoms with Crippen molar-refractivity contribution in [1.82, 2.24) is 5.32 Å². The van der Waals surface area contributed by atoms with Crippen LogP contribution in [0, 0.1) is 0 Å². The van der Waals surface area contributed by atoms with Gasteiger partial charge in [0, 0.05) is 17.0 Å². The maximum atomic E-state index is 11.5. The molecule has 0 aromatic heterocycles. The van der Waals surface area contributed by atoms with Crippen LogP contribution in [0.3, 0.4) is 0 Å². The second-order valence-electron chi connectivity index (χ2n) is 4.56. The van der Waals surface area contributed by atoms with Crippen molar-refractivity contribution >= 4 is 29.7 Å². The van der Waals surface area contributed by atoms with E-state index in [1.54, 1.807) is 17.8 Å². The first-order valence-electron chi connectivity index (χ1n) is 6.45. The van der Waals surface area contributed by atoms with E-state index in [2.05, 4.69) is 5.32 Å². The molecular weight excluding hydrogens is 274 g/mol. The van der Waals surface area contributed by atoms with E-state index in [4.69, 9.17) is 4.74 Å². The minimum Gasteiger partial charge on any atom is -0.452 e. The minimum absolute atomic E-state index is 0.217. The highest BCUT2D eigenvalue weighted by atomic mass is 32.2. The van der Waals surface area contributed by atoms with Crippen LogP contribution in [0.1, 0.15) is 18.4 Å². The summed E-state index contributed by atoms with van der Waals surface area (Å²) in [6, 6.07) is 8.11. The Kier molecular flexibility index (Phi) is 5.24. The number of rotatable bonds is 6. The molecular formula is C15H17NO3S. The predicted molar refractivity (Wildman–Crippen MR) is 79.4 cm³/mol. The van der Waals surface area contributed by atoms with Gasteiger partial charge in [-0.15, -0.1) is 11.8 Å². The van der Waals surface area contributed by atoms with Gasteiger partial charge in [0.25, 0.3) is 5.91 Å². The van der Waals surface area contributed by atoms with Crippen LogP contribution in [-0.4, -0.2) is 30.8 Å². The van der Waals surface area contributed by atoms with Crippen LogP contribution in [-0.2, 0) is 14.3 Å². The zero-order valence-corrected chi connectivity index (χ0v) is 12.1. The van der Waals surface area contributed by atoms with E-state index in [9.17, 15) is 9.59 Å². The molecule has 0 spiro atoms. The fraction of sp³-hybridized carbons (Fsp3) is 0.333. The number of carbonyl (C=O) groups excluding carboxylic acids is 2. The zero-order valence-electron chi connectivity index (χ0n) is 11.3. The number of hydrogen-bond acceptors (Lipinski definition) is 4. The fourth-order valence-corrected chi connectivity index (χ4v) is 1.97. The van der Waals surface area contributed by atoms with Crippen LogP contribution in [0.5, 0.6) is 0 Å². The minimum atomic E-state index is -0.509. The smallest absolute Gasteiger partial charge is 0.331 e. The molecule has 1 amide bonds. The molecule has 0 radical (unpaired) electrons. The Morgan fingerprint density at radius 3 is 2.65 bits per heavy atom. The van der Waals surface area contributed by atoms with Gasteiger partial charge in [-0.25, -0.2) is 4.79 Å². The monoisotopic (exact) mass is 291 g/mol. The Morgan fingerprint density at radius 1 is 1.35 bits per heavy atom. The third-order valence-corrected chi connectivity index (χ3v) is 3.56. The van der Waals surface area contributed by atoms with Crippen molar-refractivity contribution in [3.05, 3.63) is 35.9 Å². The van der Waals surface area contributed by atoms with E-state index >= 15 is 0 Å². The number of benzene rings is 1. The van der Waals surface area contributed by atoms with Crippen LogP contribution >= 0.6 is 11.8 Å². The summed E-state index contributed by atoms with van der Waals surface area (Å²) in [6.07, 6.45) is 7.05. The van der Waals surface area contributed by atoms with Gasteiger partial charge in [-0.1, -0.05) is 12.1 Å². The molecule has 1 aromatic carbocycles. The summed E-state index contributed by atoms with van der Waals surface area (Å²) in [5.41, 5.74) is 0.919. The fourth-order valence-electron chi connectivity index (χ4n) is 1.56. The van der Waals surface area contributed by atoms with Crippen LogP contribution in [0.2, 0.25) is 0 Å². The lowest BCUT2D eigenvalue weighted by Crippen LogP contribution is -2.30. The maximum Gasteiger partial charge on any atom is 0.331 e. The molecule has 106 valence electrons. The summed E-state index contributed by atoms with van der Waals surface area (Å²) in [5.74, 6) is -0.747. The summed E-state index contributed by atoms with van der Waals surface area (Å²) >= 11 is 1.66. The normalized spacial score (nSPS) is 14.2. The SMILES string of the molecule is CSc1ccc(/C=C/C(=O)OCC(=O)NC2CC2)cc1. The van der Waals surface area contributed by atoms with E-state index in [0.717, 1.165) is 18.4 Å². The average Bonchev–Trinajstić information content (AvgIpc) is 3.27. The molecule has 1 aromatic rings. The van der Waals surface area contributed by atoms with Gasteiger partial charge in [-0.05, 0) is 42.9 Å². The molecule has 0 heterocycles. The first kappa shape index (κ1) is 14.7. The van der Waals surface area contributed by atoms with Gasteiger partial charge >= 0.3 is 5.97 Å². The molecule has 0 bridgehead atoms. The van der Waals surface area contributed by atoms with Crippen LogP contribution in [0.25, 0.3) is 6.08 Å². The molecule has 4 nitrogen and oxygen atoms in total. The predicted octanol–water partition coefficient (Wildman–Crippen LogP) is 2.24. The molecule has 5 heteroatoms. The third kappa shape index (κ3) is 5.09. The topological polar surface area (TPSA) is 55.4 Å². The van der Waals surface area contributed by atoms with E-state index in [1.807, 2.05) is 30.5 Å². The van der Waals surface area contributed by atoms with Crippen molar-refractivity contribution < 1.29 is 14.3 Å². The lowest BCUT2D eigenvalue weighted by atomic mass is 10.2. The van der Waals surface area contributed by atoms with Gasteiger partial charge in [-0.3, -0.25) is 4.79 Å². The molecule has 20 heavy (non-hydrogen) atoms. The van der Waals surface area contributed by atoms with Gasteiger partial charge in [0.05, 0.1) is 0 Å². The van der Waals surface area contributed by atoms with Crippen molar-refractivity contribution in [2.24, 2.45) is 0 Å². The van der Waals surface area contributed by atoms with Crippen molar-refractivity contribution in [3.8, 4) is 0 Å². The number of esters is 1. The van der Waals surface area contributed by atoms with Crippen molar-refractivity contribution in [2.75, 3.05) is 12.9 Å². The second-order valence-corrected chi connectivity index (χ2v) is 5.44. The average molecular weight is 291 g/mol. The summed E-state index contributed by atoms with van der Waals surface area (Å²) < 4.78 is 4.86. The van der Waals surface area contributed by atoms with Crippen LogP contribution in [0.15, 0.2) is 35.2 Å². The largest absolute Gasteiger partial charge is 0.452 e. The van der Waals surface area contributed by atoms with E-state index in [1.165, 1.54) is 11.0 Å². The highest BCUT2D eigenvalue weighted by Crippen LogP contribution is 2.18. The Balaban J connectivity index is 1.74. The zero-order chi connectivity index (χ0) is 14.4. The number of carbonyl (C=O) groups is 2. The standard InChI is InChI=1S/C15H17NO3S/c1-20-13-7-2-11(3-8-13)4-9-15(18)19-10-14(17)16-12-5-6-12/h2-4,7-9,12H,5-6,10H2,1H3,(H,16,17)/b9-4+. The highest BCUT2D eigenvalue weighted by molar-refractivity contribution is 7.98. The molecule has 2 rings (SSSR count). The molecule has 1 N–H and O–H groups in total. The van der Waals surface area contributed by atoms with E-state index in [0.29, 0.717) is 0 Å². The first-order valence-corrected chi connectivity index (χ1v) is 7.68. The molecule has 0 unspecified atom stereocenters. The Hall–Kier alpha value is -1.75. The quantitative estimate of drug-likeness (QED) is 0.496. The van der Waals surface area contributed by atoms with Gasteiger partial charge < -0.3 is 10.1 Å². The lowest BCUT2D eigenvalue weighted by Gasteiger charge is -2.03. The van der Waals surface area contributed by atoms with Crippen molar-refractivity contribution in [3.63, 3.8) is 0 Å².